The van der Waals surface area contributed by atoms with E-state index >= 15 is 0 Å². The van der Waals surface area contributed by atoms with Gasteiger partial charge in [-0.15, -0.1) is 0 Å². The normalized spacial score (nSPS) is 27.8. The Balaban J connectivity index is 1.60. The molecule has 0 N–H and O–H groups in total. The Kier molecular flexibility index (Phi) is 4.37. The molecule has 0 atom stereocenters. The van der Waals surface area contributed by atoms with Crippen LogP contribution in [0.1, 0.15) is 62.8 Å². The van der Waals surface area contributed by atoms with E-state index in [9.17, 15) is 13.6 Å². The molecular formula is C18H22F2O. The Hall–Kier alpha value is -1.25. The molecule has 0 aromatic heterocycles. The lowest BCUT2D eigenvalue weighted by atomic mass is 9.69. The molecule has 0 saturated heterocycles. The van der Waals surface area contributed by atoms with Crippen molar-refractivity contribution in [2.75, 3.05) is 0 Å². The fourth-order valence-corrected chi connectivity index (χ4v) is 4.17. The van der Waals surface area contributed by atoms with Crippen molar-refractivity contribution in [3.05, 3.63) is 35.4 Å². The number of carbonyl (C=O) groups excluding carboxylic acids is 1. The summed E-state index contributed by atoms with van der Waals surface area (Å²) in [6, 6.07) is 4.51. The maximum atomic E-state index is 13.9. The van der Waals surface area contributed by atoms with Crippen LogP contribution in [0.5, 0.6) is 0 Å². The summed E-state index contributed by atoms with van der Waals surface area (Å²) >= 11 is 0. The molecule has 1 aromatic carbocycles. The van der Waals surface area contributed by atoms with Crippen molar-refractivity contribution >= 4 is 5.78 Å². The fourth-order valence-electron chi connectivity index (χ4n) is 4.17. The van der Waals surface area contributed by atoms with Gasteiger partial charge in [0.2, 0.25) is 0 Å². The molecule has 3 rings (SSSR count). The quantitative estimate of drug-likeness (QED) is 0.750. The number of hydrogen-bond donors (Lipinski definition) is 0. The second kappa shape index (κ2) is 6.25. The average molecular weight is 292 g/mol. The average Bonchev–Trinajstić information content (AvgIpc) is 2.51. The topological polar surface area (TPSA) is 17.1 Å². The maximum absolute atomic E-state index is 13.9. The van der Waals surface area contributed by atoms with Gasteiger partial charge in [-0.25, -0.2) is 8.78 Å². The van der Waals surface area contributed by atoms with Crippen molar-refractivity contribution in [1.29, 1.82) is 0 Å². The lowest BCUT2D eigenvalue weighted by molar-refractivity contribution is -0.121. The van der Waals surface area contributed by atoms with E-state index < -0.39 is 11.6 Å². The van der Waals surface area contributed by atoms with Crippen LogP contribution in [0.2, 0.25) is 0 Å². The first-order chi connectivity index (χ1) is 10.1. The van der Waals surface area contributed by atoms with Crippen molar-refractivity contribution in [2.24, 2.45) is 11.8 Å². The minimum atomic E-state index is -0.736. The monoisotopic (exact) mass is 292 g/mol. The van der Waals surface area contributed by atoms with Crippen LogP contribution in [-0.4, -0.2) is 5.78 Å². The summed E-state index contributed by atoms with van der Waals surface area (Å²) in [5, 5.41) is 0. The molecule has 0 amide bonds. The van der Waals surface area contributed by atoms with Gasteiger partial charge in [0.15, 0.2) is 11.6 Å². The van der Waals surface area contributed by atoms with E-state index in [-0.39, 0.29) is 5.92 Å². The Morgan fingerprint density at radius 1 is 0.857 bits per heavy atom. The summed E-state index contributed by atoms with van der Waals surface area (Å²) in [7, 11) is 0. The SMILES string of the molecule is O=C1CCC(C2CCC(c3cccc(F)c3F)CC2)CC1. The summed E-state index contributed by atoms with van der Waals surface area (Å²) in [6.07, 6.45) is 7.58. The number of benzene rings is 1. The predicted molar refractivity (Wildman–Crippen MR) is 78.0 cm³/mol. The summed E-state index contributed by atoms with van der Waals surface area (Å²) in [5.74, 6) is 0.501. The molecule has 1 aromatic rings. The number of halogens is 2. The van der Waals surface area contributed by atoms with Crippen molar-refractivity contribution in [2.45, 2.75) is 57.3 Å². The van der Waals surface area contributed by atoms with Crippen molar-refractivity contribution in [3.8, 4) is 0 Å². The Morgan fingerprint density at radius 2 is 1.48 bits per heavy atom. The van der Waals surface area contributed by atoms with E-state index in [1.807, 2.05) is 0 Å². The van der Waals surface area contributed by atoms with Crippen LogP contribution in [0.15, 0.2) is 18.2 Å². The van der Waals surface area contributed by atoms with Crippen LogP contribution >= 0.6 is 0 Å². The molecule has 0 radical (unpaired) electrons. The maximum Gasteiger partial charge on any atom is 0.162 e. The van der Waals surface area contributed by atoms with Gasteiger partial charge in [-0.3, -0.25) is 4.79 Å². The van der Waals surface area contributed by atoms with Gasteiger partial charge in [0.05, 0.1) is 0 Å². The molecule has 2 aliphatic rings. The molecule has 21 heavy (non-hydrogen) atoms. The van der Waals surface area contributed by atoms with Gasteiger partial charge in [-0.2, -0.15) is 0 Å². The van der Waals surface area contributed by atoms with E-state index in [0.717, 1.165) is 51.4 Å². The Labute approximate surface area is 124 Å². The molecule has 0 bridgehead atoms. The second-order valence-corrected chi connectivity index (χ2v) is 6.63. The lowest BCUT2D eigenvalue weighted by Gasteiger charge is -2.35. The third kappa shape index (κ3) is 3.17. The van der Waals surface area contributed by atoms with Crippen LogP contribution in [0, 0.1) is 23.5 Å². The van der Waals surface area contributed by atoms with Gasteiger partial charge >= 0.3 is 0 Å². The summed E-state index contributed by atoms with van der Waals surface area (Å²) < 4.78 is 27.2. The third-order valence-electron chi connectivity index (χ3n) is 5.45. The minimum absolute atomic E-state index is 0.155. The minimum Gasteiger partial charge on any atom is -0.300 e. The largest absolute Gasteiger partial charge is 0.300 e. The number of carbonyl (C=O) groups is 1. The van der Waals surface area contributed by atoms with Gasteiger partial charge < -0.3 is 0 Å². The third-order valence-corrected chi connectivity index (χ3v) is 5.45. The van der Waals surface area contributed by atoms with Crippen molar-refractivity contribution in [3.63, 3.8) is 0 Å². The second-order valence-electron chi connectivity index (χ2n) is 6.63. The fraction of sp³-hybridized carbons (Fsp3) is 0.611. The smallest absolute Gasteiger partial charge is 0.162 e. The molecule has 2 saturated carbocycles. The predicted octanol–water partition coefficient (Wildman–Crippen LogP) is 5.00. The highest BCUT2D eigenvalue weighted by Gasteiger charge is 2.31. The molecule has 0 spiro atoms. The number of rotatable bonds is 2. The first-order valence-electron chi connectivity index (χ1n) is 8.10. The zero-order chi connectivity index (χ0) is 14.8. The summed E-state index contributed by atoms with van der Waals surface area (Å²) in [6.45, 7) is 0. The molecular weight excluding hydrogens is 270 g/mol. The van der Waals surface area contributed by atoms with Crippen LogP contribution in [0.3, 0.4) is 0 Å². The van der Waals surface area contributed by atoms with E-state index in [1.54, 1.807) is 12.1 Å². The van der Waals surface area contributed by atoms with E-state index in [2.05, 4.69) is 0 Å². The number of ketones is 1. The first kappa shape index (κ1) is 14.7. The molecule has 1 nitrogen and oxygen atoms in total. The molecule has 0 heterocycles. The van der Waals surface area contributed by atoms with Gasteiger partial charge in [0, 0.05) is 12.8 Å². The van der Waals surface area contributed by atoms with E-state index in [1.165, 1.54) is 6.07 Å². The standard InChI is InChI=1S/C18H22F2O/c19-17-3-1-2-16(18(17)20)14-6-4-12(5-7-14)13-8-10-15(21)11-9-13/h1-3,12-14H,4-11H2. The summed E-state index contributed by atoms with van der Waals surface area (Å²) in [5.41, 5.74) is 0.548. The van der Waals surface area contributed by atoms with Crippen molar-refractivity contribution in [1.82, 2.24) is 0 Å². The zero-order valence-corrected chi connectivity index (χ0v) is 12.3. The summed E-state index contributed by atoms with van der Waals surface area (Å²) in [4.78, 5) is 11.3. The van der Waals surface area contributed by atoms with E-state index in [0.29, 0.717) is 23.2 Å². The van der Waals surface area contributed by atoms with Gasteiger partial charge in [0.25, 0.3) is 0 Å². The van der Waals surface area contributed by atoms with Crippen LogP contribution in [-0.2, 0) is 4.79 Å². The van der Waals surface area contributed by atoms with Crippen LogP contribution < -0.4 is 0 Å². The molecule has 0 aliphatic heterocycles. The highest BCUT2D eigenvalue weighted by atomic mass is 19.2. The van der Waals surface area contributed by atoms with E-state index in [4.69, 9.17) is 0 Å². The lowest BCUT2D eigenvalue weighted by Crippen LogP contribution is -2.25. The van der Waals surface area contributed by atoms with Gasteiger partial charge in [0.1, 0.15) is 5.78 Å². The molecule has 114 valence electrons. The number of hydrogen-bond acceptors (Lipinski definition) is 1. The first-order valence-corrected chi connectivity index (χ1v) is 8.10. The van der Waals surface area contributed by atoms with Crippen LogP contribution in [0.25, 0.3) is 0 Å². The highest BCUT2D eigenvalue weighted by Crippen LogP contribution is 2.43. The molecule has 0 unspecified atom stereocenters. The zero-order valence-electron chi connectivity index (χ0n) is 12.3. The molecule has 2 fully saturated rings. The Bertz CT molecular complexity index is 508. The highest BCUT2D eigenvalue weighted by molar-refractivity contribution is 5.79. The van der Waals surface area contributed by atoms with Gasteiger partial charge in [-0.1, -0.05) is 12.1 Å². The van der Waals surface area contributed by atoms with Gasteiger partial charge in [-0.05, 0) is 67.9 Å². The van der Waals surface area contributed by atoms with Crippen molar-refractivity contribution < 1.29 is 13.6 Å². The number of Topliss-reactive ketones (excluding diaryl/α,β-unsaturated/α-hetero) is 1. The molecule has 3 heteroatoms. The van der Waals surface area contributed by atoms with Crippen LogP contribution in [0.4, 0.5) is 8.78 Å². The molecule has 2 aliphatic carbocycles. The Morgan fingerprint density at radius 3 is 2.14 bits per heavy atom.